The topological polar surface area (TPSA) is 49.4 Å². The van der Waals surface area contributed by atoms with Gasteiger partial charge in [-0.25, -0.2) is 8.42 Å². The van der Waals surface area contributed by atoms with Gasteiger partial charge in [0, 0.05) is 19.1 Å². The van der Waals surface area contributed by atoms with Gasteiger partial charge in [-0.1, -0.05) is 26.0 Å². The molecule has 0 spiro atoms. The van der Waals surface area contributed by atoms with Crippen molar-refractivity contribution in [2.75, 3.05) is 20.1 Å². The van der Waals surface area contributed by atoms with E-state index in [1.54, 1.807) is 16.4 Å². The Kier molecular flexibility index (Phi) is 7.32. The standard InChI is InChI=1S/C16H26N2O2S.ClH/c1-4-13(2)14-7-9-16(10-8-14)21(19,20)18-11-5-6-15(12-18)17-3;/h7-10,13,15,17H,4-6,11-12H2,1-3H3;1H. The highest BCUT2D eigenvalue weighted by Crippen LogP contribution is 2.24. The summed E-state index contributed by atoms with van der Waals surface area (Å²) in [6.45, 7) is 5.48. The minimum absolute atomic E-state index is 0. The van der Waals surface area contributed by atoms with Crippen molar-refractivity contribution in [3.8, 4) is 0 Å². The Labute approximate surface area is 140 Å². The summed E-state index contributed by atoms with van der Waals surface area (Å²) < 4.78 is 27.0. The molecule has 1 heterocycles. The number of nitrogens with one attached hydrogen (secondary N) is 1. The Morgan fingerprint density at radius 1 is 1.32 bits per heavy atom. The van der Waals surface area contributed by atoms with Crippen LogP contribution in [-0.2, 0) is 10.0 Å². The number of hydrogen-bond acceptors (Lipinski definition) is 3. The molecule has 4 nitrogen and oxygen atoms in total. The number of halogens is 1. The number of sulfonamides is 1. The molecule has 22 heavy (non-hydrogen) atoms. The third-order valence-corrected chi connectivity index (χ3v) is 6.37. The first-order valence-corrected chi connectivity index (χ1v) is 9.20. The molecular weight excluding hydrogens is 320 g/mol. The van der Waals surface area contributed by atoms with Crippen LogP contribution in [0.5, 0.6) is 0 Å². The van der Waals surface area contributed by atoms with Crippen LogP contribution in [0.1, 0.15) is 44.6 Å². The second-order valence-corrected chi connectivity index (χ2v) is 7.81. The first kappa shape index (κ1) is 19.4. The summed E-state index contributed by atoms with van der Waals surface area (Å²) in [5, 5.41) is 3.18. The summed E-state index contributed by atoms with van der Waals surface area (Å²) in [5.41, 5.74) is 1.20. The fourth-order valence-electron chi connectivity index (χ4n) is 2.75. The number of benzene rings is 1. The lowest BCUT2D eigenvalue weighted by Crippen LogP contribution is -2.46. The van der Waals surface area contributed by atoms with Gasteiger partial charge in [-0.3, -0.25) is 0 Å². The normalized spacial score (nSPS) is 21.1. The van der Waals surface area contributed by atoms with Gasteiger partial charge in [-0.05, 0) is 49.9 Å². The van der Waals surface area contributed by atoms with Crippen molar-refractivity contribution in [2.45, 2.75) is 50.0 Å². The van der Waals surface area contributed by atoms with Crippen LogP contribution in [0.15, 0.2) is 29.2 Å². The molecule has 2 atom stereocenters. The predicted molar refractivity (Wildman–Crippen MR) is 93.2 cm³/mol. The summed E-state index contributed by atoms with van der Waals surface area (Å²) in [5.74, 6) is 0.463. The van der Waals surface area contributed by atoms with Crippen LogP contribution in [0, 0.1) is 0 Å². The molecule has 0 aliphatic carbocycles. The fourth-order valence-corrected chi connectivity index (χ4v) is 4.27. The molecule has 1 aromatic carbocycles. The molecule has 126 valence electrons. The molecule has 2 unspecified atom stereocenters. The molecule has 0 aromatic heterocycles. The quantitative estimate of drug-likeness (QED) is 0.891. The van der Waals surface area contributed by atoms with Gasteiger partial charge in [0.25, 0.3) is 0 Å². The minimum Gasteiger partial charge on any atom is -0.316 e. The first-order valence-electron chi connectivity index (χ1n) is 7.76. The van der Waals surface area contributed by atoms with E-state index in [0.29, 0.717) is 23.9 Å². The molecule has 1 aromatic rings. The predicted octanol–water partition coefficient (Wildman–Crippen LogP) is 2.99. The zero-order valence-electron chi connectivity index (χ0n) is 13.6. The van der Waals surface area contributed by atoms with Crippen LogP contribution in [-0.4, -0.2) is 38.9 Å². The summed E-state index contributed by atoms with van der Waals surface area (Å²) in [7, 11) is -1.47. The molecule has 1 N–H and O–H groups in total. The van der Waals surface area contributed by atoms with Crippen molar-refractivity contribution in [3.63, 3.8) is 0 Å². The minimum atomic E-state index is -3.36. The molecule has 1 saturated heterocycles. The number of rotatable bonds is 5. The maximum absolute atomic E-state index is 12.7. The van der Waals surface area contributed by atoms with Gasteiger partial charge in [0.1, 0.15) is 0 Å². The number of piperidine rings is 1. The van der Waals surface area contributed by atoms with Gasteiger partial charge < -0.3 is 5.32 Å². The molecule has 6 heteroatoms. The van der Waals surface area contributed by atoms with Gasteiger partial charge >= 0.3 is 0 Å². The second kappa shape index (κ2) is 8.29. The van der Waals surface area contributed by atoms with Gasteiger partial charge in [0.05, 0.1) is 4.90 Å². The Bertz CT molecular complexity index is 560. The molecule has 1 fully saturated rings. The average Bonchev–Trinajstić information content (AvgIpc) is 2.54. The van der Waals surface area contributed by atoms with Gasteiger partial charge in [0.15, 0.2) is 0 Å². The van der Waals surface area contributed by atoms with Crippen molar-refractivity contribution in [3.05, 3.63) is 29.8 Å². The van der Waals surface area contributed by atoms with Gasteiger partial charge in [-0.15, -0.1) is 12.4 Å². The molecule has 0 saturated carbocycles. The molecule has 0 bridgehead atoms. The van der Waals surface area contributed by atoms with E-state index >= 15 is 0 Å². The maximum atomic E-state index is 12.7. The second-order valence-electron chi connectivity index (χ2n) is 5.87. The molecule has 0 amide bonds. The Morgan fingerprint density at radius 3 is 2.50 bits per heavy atom. The van der Waals surface area contributed by atoms with E-state index in [9.17, 15) is 8.42 Å². The highest BCUT2D eigenvalue weighted by molar-refractivity contribution is 7.89. The number of likely N-dealkylation sites (N-methyl/N-ethyl adjacent to an activating group) is 1. The first-order chi connectivity index (χ1) is 9.98. The fraction of sp³-hybridized carbons (Fsp3) is 0.625. The lowest BCUT2D eigenvalue weighted by Gasteiger charge is -2.31. The highest BCUT2D eigenvalue weighted by atomic mass is 35.5. The van der Waals surface area contributed by atoms with Crippen molar-refractivity contribution < 1.29 is 8.42 Å². The van der Waals surface area contributed by atoms with E-state index in [0.717, 1.165) is 19.3 Å². The molecular formula is C16H27ClN2O2S. The van der Waals surface area contributed by atoms with Crippen molar-refractivity contribution in [2.24, 2.45) is 0 Å². The summed E-state index contributed by atoms with van der Waals surface area (Å²) >= 11 is 0. The Morgan fingerprint density at radius 2 is 1.95 bits per heavy atom. The van der Waals surface area contributed by atoms with Crippen LogP contribution >= 0.6 is 12.4 Å². The lowest BCUT2D eigenvalue weighted by molar-refractivity contribution is 0.293. The maximum Gasteiger partial charge on any atom is 0.243 e. The van der Waals surface area contributed by atoms with Crippen molar-refractivity contribution >= 4 is 22.4 Å². The zero-order chi connectivity index (χ0) is 15.5. The largest absolute Gasteiger partial charge is 0.316 e. The van der Waals surface area contributed by atoms with E-state index in [-0.39, 0.29) is 18.4 Å². The molecule has 2 rings (SSSR count). The van der Waals surface area contributed by atoms with E-state index in [1.807, 2.05) is 19.2 Å². The van der Waals surface area contributed by atoms with E-state index in [2.05, 4.69) is 19.2 Å². The third kappa shape index (κ3) is 4.22. The zero-order valence-corrected chi connectivity index (χ0v) is 15.2. The van der Waals surface area contributed by atoms with Crippen LogP contribution in [0.4, 0.5) is 0 Å². The van der Waals surface area contributed by atoms with E-state index in [1.165, 1.54) is 5.56 Å². The highest BCUT2D eigenvalue weighted by Gasteiger charge is 2.29. The van der Waals surface area contributed by atoms with Crippen LogP contribution in [0.2, 0.25) is 0 Å². The molecule has 1 aliphatic heterocycles. The smallest absolute Gasteiger partial charge is 0.243 e. The van der Waals surface area contributed by atoms with E-state index in [4.69, 9.17) is 0 Å². The van der Waals surface area contributed by atoms with Crippen LogP contribution < -0.4 is 5.32 Å². The van der Waals surface area contributed by atoms with Crippen LogP contribution in [0.3, 0.4) is 0 Å². The van der Waals surface area contributed by atoms with Crippen molar-refractivity contribution in [1.29, 1.82) is 0 Å². The third-order valence-electron chi connectivity index (χ3n) is 4.49. The molecule has 0 radical (unpaired) electrons. The van der Waals surface area contributed by atoms with Crippen molar-refractivity contribution in [1.82, 2.24) is 9.62 Å². The summed E-state index contributed by atoms with van der Waals surface area (Å²) in [4.78, 5) is 0.409. The summed E-state index contributed by atoms with van der Waals surface area (Å²) in [6, 6.07) is 7.65. The average molecular weight is 347 g/mol. The van der Waals surface area contributed by atoms with Gasteiger partial charge in [0.2, 0.25) is 10.0 Å². The SMILES string of the molecule is CCC(C)c1ccc(S(=O)(=O)N2CCCC(NC)C2)cc1.Cl. The van der Waals surface area contributed by atoms with E-state index < -0.39 is 10.0 Å². The van der Waals surface area contributed by atoms with Crippen LogP contribution in [0.25, 0.3) is 0 Å². The van der Waals surface area contributed by atoms with Gasteiger partial charge in [-0.2, -0.15) is 4.31 Å². The summed E-state index contributed by atoms with van der Waals surface area (Å²) in [6.07, 6.45) is 3.01. The number of nitrogens with zero attached hydrogens (tertiary/aromatic N) is 1. The lowest BCUT2D eigenvalue weighted by atomic mass is 9.99. The molecule has 1 aliphatic rings. The number of hydrogen-bond donors (Lipinski definition) is 1. The Hall–Kier alpha value is -0.620. The Balaban J connectivity index is 0.00000242. The monoisotopic (exact) mass is 346 g/mol.